The Morgan fingerprint density at radius 2 is 1.67 bits per heavy atom. The first-order valence-electron chi connectivity index (χ1n) is 6.31. The molecule has 1 aliphatic carbocycles. The topological polar surface area (TPSA) is 20.2 Å². The molecule has 2 rings (SSSR count). The van der Waals surface area contributed by atoms with Crippen molar-refractivity contribution in [2.24, 2.45) is 5.92 Å². The molecule has 0 saturated heterocycles. The number of halogens is 3. The maximum atomic E-state index is 12.4. The fraction of sp³-hybridized carbons (Fsp3) is 0.571. The Kier molecular flexibility index (Phi) is 3.95. The van der Waals surface area contributed by atoms with E-state index in [1.807, 2.05) is 0 Å². The average Bonchev–Trinajstić information content (AvgIpc) is 2.32. The maximum Gasteiger partial charge on any atom is 0.416 e. The van der Waals surface area contributed by atoms with Crippen molar-refractivity contribution in [1.82, 2.24) is 0 Å². The predicted molar refractivity (Wildman–Crippen MR) is 63.1 cm³/mol. The highest BCUT2D eigenvalue weighted by atomic mass is 19.4. The molecule has 1 aromatic rings. The van der Waals surface area contributed by atoms with Gasteiger partial charge in [-0.05, 0) is 42.9 Å². The van der Waals surface area contributed by atoms with Crippen molar-refractivity contribution in [3.8, 4) is 0 Å². The molecule has 1 nitrogen and oxygen atoms in total. The van der Waals surface area contributed by atoms with E-state index in [2.05, 4.69) is 0 Å². The fourth-order valence-electron chi connectivity index (χ4n) is 2.56. The molecule has 0 radical (unpaired) electrons. The number of alkyl halides is 3. The zero-order valence-electron chi connectivity index (χ0n) is 10.1. The molecule has 0 aliphatic heterocycles. The highest BCUT2D eigenvalue weighted by molar-refractivity contribution is 5.25. The number of benzene rings is 1. The van der Waals surface area contributed by atoms with Crippen LogP contribution in [-0.2, 0) is 12.6 Å². The van der Waals surface area contributed by atoms with E-state index in [1.54, 1.807) is 0 Å². The Bertz CT molecular complexity index is 383. The molecule has 4 heteroatoms. The zero-order valence-corrected chi connectivity index (χ0v) is 10.1. The summed E-state index contributed by atoms with van der Waals surface area (Å²) >= 11 is 0. The molecule has 0 amide bonds. The molecule has 2 atom stereocenters. The van der Waals surface area contributed by atoms with Crippen molar-refractivity contribution in [3.63, 3.8) is 0 Å². The highest BCUT2D eigenvalue weighted by Gasteiger charge is 2.30. The van der Waals surface area contributed by atoms with Crippen LogP contribution in [0.25, 0.3) is 0 Å². The SMILES string of the molecule is OC1CCCCC1Cc1ccc(C(F)(F)F)cc1. The lowest BCUT2D eigenvalue weighted by atomic mass is 9.82. The largest absolute Gasteiger partial charge is 0.416 e. The van der Waals surface area contributed by atoms with E-state index in [-0.39, 0.29) is 12.0 Å². The summed E-state index contributed by atoms with van der Waals surface area (Å²) in [5.41, 5.74) is 0.254. The van der Waals surface area contributed by atoms with Gasteiger partial charge in [0.1, 0.15) is 0 Å². The molecule has 18 heavy (non-hydrogen) atoms. The van der Waals surface area contributed by atoms with Crippen LogP contribution >= 0.6 is 0 Å². The van der Waals surface area contributed by atoms with Crippen molar-refractivity contribution in [2.45, 2.75) is 44.4 Å². The van der Waals surface area contributed by atoms with Crippen LogP contribution in [0.15, 0.2) is 24.3 Å². The lowest BCUT2D eigenvalue weighted by molar-refractivity contribution is -0.137. The molecule has 1 fully saturated rings. The molecule has 0 bridgehead atoms. The third kappa shape index (κ3) is 3.25. The van der Waals surface area contributed by atoms with Crippen LogP contribution in [0.3, 0.4) is 0 Å². The minimum absolute atomic E-state index is 0.190. The first kappa shape index (κ1) is 13.4. The second kappa shape index (κ2) is 5.31. The van der Waals surface area contributed by atoms with Crippen LogP contribution in [0.1, 0.15) is 36.8 Å². The van der Waals surface area contributed by atoms with Crippen LogP contribution in [0.5, 0.6) is 0 Å². The average molecular weight is 258 g/mol. The summed E-state index contributed by atoms with van der Waals surface area (Å²) in [4.78, 5) is 0. The van der Waals surface area contributed by atoms with E-state index in [0.29, 0.717) is 6.42 Å². The van der Waals surface area contributed by atoms with Crippen LogP contribution < -0.4 is 0 Å². The van der Waals surface area contributed by atoms with Gasteiger partial charge in [0, 0.05) is 0 Å². The van der Waals surface area contributed by atoms with Crippen LogP contribution in [-0.4, -0.2) is 11.2 Å². The summed E-state index contributed by atoms with van der Waals surface area (Å²) in [7, 11) is 0. The van der Waals surface area contributed by atoms with E-state index < -0.39 is 11.7 Å². The summed E-state index contributed by atoms with van der Waals surface area (Å²) in [5, 5.41) is 9.83. The fourth-order valence-corrected chi connectivity index (χ4v) is 2.56. The maximum absolute atomic E-state index is 12.4. The van der Waals surface area contributed by atoms with Crippen molar-refractivity contribution < 1.29 is 18.3 Å². The van der Waals surface area contributed by atoms with Gasteiger partial charge in [-0.2, -0.15) is 13.2 Å². The molecular formula is C14H17F3O. The lowest BCUT2D eigenvalue weighted by Gasteiger charge is -2.27. The van der Waals surface area contributed by atoms with Crippen molar-refractivity contribution in [3.05, 3.63) is 35.4 Å². The lowest BCUT2D eigenvalue weighted by Crippen LogP contribution is -2.26. The molecule has 1 N–H and O–H groups in total. The Morgan fingerprint density at radius 3 is 2.22 bits per heavy atom. The van der Waals surface area contributed by atoms with Gasteiger partial charge in [0.05, 0.1) is 11.7 Å². The Hall–Kier alpha value is -1.03. The van der Waals surface area contributed by atoms with Gasteiger partial charge in [0.15, 0.2) is 0 Å². The van der Waals surface area contributed by atoms with Crippen molar-refractivity contribution in [2.75, 3.05) is 0 Å². The van der Waals surface area contributed by atoms with Gasteiger partial charge in [0.2, 0.25) is 0 Å². The Labute approximate surface area is 105 Å². The molecule has 100 valence electrons. The third-order valence-electron chi connectivity index (χ3n) is 3.65. The normalized spacial score (nSPS) is 25.1. The number of rotatable bonds is 2. The van der Waals surface area contributed by atoms with Gasteiger partial charge >= 0.3 is 6.18 Å². The van der Waals surface area contributed by atoms with Gasteiger partial charge in [-0.25, -0.2) is 0 Å². The molecule has 1 aromatic carbocycles. The molecular weight excluding hydrogens is 241 g/mol. The van der Waals surface area contributed by atoms with E-state index in [4.69, 9.17) is 0 Å². The Morgan fingerprint density at radius 1 is 1.06 bits per heavy atom. The summed E-state index contributed by atoms with van der Waals surface area (Å²) in [6.07, 6.45) is 0.00366. The minimum Gasteiger partial charge on any atom is -0.393 e. The molecule has 2 unspecified atom stereocenters. The predicted octanol–water partition coefficient (Wildman–Crippen LogP) is 3.80. The van der Waals surface area contributed by atoms with Crippen molar-refractivity contribution in [1.29, 1.82) is 0 Å². The smallest absolute Gasteiger partial charge is 0.393 e. The molecule has 0 heterocycles. The summed E-state index contributed by atoms with van der Waals surface area (Å²) in [6.45, 7) is 0. The van der Waals surface area contributed by atoms with Gasteiger partial charge in [-0.1, -0.05) is 25.0 Å². The quantitative estimate of drug-likeness (QED) is 0.855. The second-order valence-corrected chi connectivity index (χ2v) is 5.01. The van der Waals surface area contributed by atoms with Gasteiger partial charge < -0.3 is 5.11 Å². The number of hydrogen-bond acceptors (Lipinski definition) is 1. The summed E-state index contributed by atoms with van der Waals surface area (Å²) < 4.78 is 37.2. The van der Waals surface area contributed by atoms with Gasteiger partial charge in [-0.3, -0.25) is 0 Å². The second-order valence-electron chi connectivity index (χ2n) is 5.01. The monoisotopic (exact) mass is 258 g/mol. The molecule has 1 saturated carbocycles. The van der Waals surface area contributed by atoms with E-state index in [9.17, 15) is 18.3 Å². The van der Waals surface area contributed by atoms with Crippen LogP contribution in [0, 0.1) is 5.92 Å². The molecule has 0 spiro atoms. The minimum atomic E-state index is -4.27. The van der Waals surface area contributed by atoms with Crippen LogP contribution in [0.4, 0.5) is 13.2 Å². The van der Waals surface area contributed by atoms with E-state index in [1.165, 1.54) is 12.1 Å². The third-order valence-corrected chi connectivity index (χ3v) is 3.65. The number of aliphatic hydroxyl groups is 1. The van der Waals surface area contributed by atoms with Crippen molar-refractivity contribution >= 4 is 0 Å². The summed E-state index contributed by atoms with van der Waals surface area (Å²) in [6, 6.07) is 5.27. The van der Waals surface area contributed by atoms with E-state index in [0.717, 1.165) is 43.4 Å². The first-order chi connectivity index (χ1) is 8.47. The van der Waals surface area contributed by atoms with Crippen LogP contribution in [0.2, 0.25) is 0 Å². The molecule has 0 aromatic heterocycles. The zero-order chi connectivity index (χ0) is 13.2. The first-order valence-corrected chi connectivity index (χ1v) is 6.31. The standard InChI is InChI=1S/C14H17F3O/c15-14(16,17)12-7-5-10(6-8-12)9-11-3-1-2-4-13(11)18/h5-8,11,13,18H,1-4,9H2. The van der Waals surface area contributed by atoms with E-state index >= 15 is 0 Å². The van der Waals surface area contributed by atoms with Gasteiger partial charge in [-0.15, -0.1) is 0 Å². The summed E-state index contributed by atoms with van der Waals surface area (Å²) in [5.74, 6) is 0.190. The Balaban J connectivity index is 2.02. The van der Waals surface area contributed by atoms with Gasteiger partial charge in [0.25, 0.3) is 0 Å². The molecule has 1 aliphatic rings. The number of hydrogen-bond donors (Lipinski definition) is 1. The highest BCUT2D eigenvalue weighted by Crippen LogP contribution is 2.31. The number of aliphatic hydroxyl groups excluding tert-OH is 1.